The summed E-state index contributed by atoms with van der Waals surface area (Å²) in [6.45, 7) is 3.58. The highest BCUT2D eigenvalue weighted by atomic mass is 35.5. The summed E-state index contributed by atoms with van der Waals surface area (Å²) in [5.41, 5.74) is 0.381. The minimum atomic E-state index is -5.08. The van der Waals surface area contributed by atoms with E-state index in [4.69, 9.17) is 26.2 Å². The Kier molecular flexibility index (Phi) is 8.69. The van der Waals surface area contributed by atoms with Gasteiger partial charge in [0.1, 0.15) is 11.4 Å². The largest absolute Gasteiger partial charge is 0.490 e. The molecular formula is C19H19ClF3N3O7S. The second-order valence-electron chi connectivity index (χ2n) is 6.77. The minimum Gasteiger partial charge on any atom is -0.478 e. The van der Waals surface area contributed by atoms with Gasteiger partial charge in [0.2, 0.25) is 0 Å². The van der Waals surface area contributed by atoms with Gasteiger partial charge < -0.3 is 19.8 Å². The number of hydrogen-bond acceptors (Lipinski definition) is 7. The van der Waals surface area contributed by atoms with Crippen LogP contribution in [-0.4, -0.2) is 68.0 Å². The number of pyridine rings is 1. The summed E-state index contributed by atoms with van der Waals surface area (Å²) in [7, 11) is -3.95. The SMILES string of the molecule is Cc1c(Cl)cccc1S(=O)(=O)Nc1cnc(N2CCOCC2)c(C(=O)O)c1.O=C(O)C(F)(F)F. The van der Waals surface area contributed by atoms with Crippen LogP contribution >= 0.6 is 11.6 Å². The molecule has 0 saturated carbocycles. The van der Waals surface area contributed by atoms with E-state index in [2.05, 4.69) is 9.71 Å². The summed E-state index contributed by atoms with van der Waals surface area (Å²) in [6.07, 6.45) is -3.78. The Bertz CT molecular complexity index is 1170. The number of nitrogens with zero attached hydrogens (tertiary/aromatic N) is 2. The van der Waals surface area contributed by atoms with E-state index in [-0.39, 0.29) is 22.0 Å². The predicted molar refractivity (Wildman–Crippen MR) is 115 cm³/mol. The van der Waals surface area contributed by atoms with Crippen molar-refractivity contribution in [1.82, 2.24) is 4.98 Å². The Hall–Kier alpha value is -3.10. The molecule has 0 atom stereocenters. The molecule has 1 aromatic carbocycles. The maximum absolute atomic E-state index is 12.7. The van der Waals surface area contributed by atoms with Gasteiger partial charge in [-0.25, -0.2) is 23.0 Å². The fourth-order valence-corrected chi connectivity index (χ4v) is 4.32. The second kappa shape index (κ2) is 10.9. The van der Waals surface area contributed by atoms with Crippen LogP contribution in [0.2, 0.25) is 5.02 Å². The quantitative estimate of drug-likeness (QED) is 0.536. The summed E-state index contributed by atoms with van der Waals surface area (Å²) >= 11 is 6.00. The van der Waals surface area contributed by atoms with Crippen LogP contribution in [0.1, 0.15) is 15.9 Å². The number of morpholine rings is 1. The minimum absolute atomic E-state index is 0.0177. The average Bonchev–Trinajstić information content (AvgIpc) is 2.75. The molecular weight excluding hydrogens is 507 g/mol. The Morgan fingerprint density at radius 3 is 2.32 bits per heavy atom. The first-order valence-corrected chi connectivity index (χ1v) is 11.2. The first-order chi connectivity index (χ1) is 15.7. The Morgan fingerprint density at radius 2 is 1.79 bits per heavy atom. The second-order valence-corrected chi connectivity index (χ2v) is 8.83. The van der Waals surface area contributed by atoms with E-state index in [0.717, 1.165) is 0 Å². The molecule has 2 aromatic rings. The van der Waals surface area contributed by atoms with Crippen LogP contribution in [0.25, 0.3) is 0 Å². The number of halogens is 4. The van der Waals surface area contributed by atoms with Crippen molar-refractivity contribution in [3.05, 3.63) is 46.6 Å². The van der Waals surface area contributed by atoms with Gasteiger partial charge in [-0.2, -0.15) is 13.2 Å². The number of ether oxygens (including phenoxy) is 1. The van der Waals surface area contributed by atoms with E-state index in [1.165, 1.54) is 24.4 Å². The lowest BCUT2D eigenvalue weighted by Crippen LogP contribution is -2.37. The highest BCUT2D eigenvalue weighted by Crippen LogP contribution is 2.27. The summed E-state index contributed by atoms with van der Waals surface area (Å²) in [5.74, 6) is -3.66. The molecule has 1 fully saturated rings. The van der Waals surface area contributed by atoms with Crippen LogP contribution in [-0.2, 0) is 19.6 Å². The van der Waals surface area contributed by atoms with E-state index in [1.54, 1.807) is 17.9 Å². The molecule has 0 bridgehead atoms. The van der Waals surface area contributed by atoms with Crippen LogP contribution < -0.4 is 9.62 Å². The van der Waals surface area contributed by atoms with Crippen molar-refractivity contribution >= 4 is 45.1 Å². The van der Waals surface area contributed by atoms with Gasteiger partial charge in [0, 0.05) is 18.1 Å². The zero-order valence-corrected chi connectivity index (χ0v) is 19.0. The van der Waals surface area contributed by atoms with Gasteiger partial charge in [0.15, 0.2) is 0 Å². The number of carbonyl (C=O) groups is 2. The number of carboxylic acid groups (broad SMARTS) is 2. The van der Waals surface area contributed by atoms with E-state index >= 15 is 0 Å². The van der Waals surface area contributed by atoms with Crippen molar-refractivity contribution in [3.63, 3.8) is 0 Å². The predicted octanol–water partition coefficient (Wildman–Crippen LogP) is 3.01. The first kappa shape index (κ1) is 27.1. The molecule has 0 radical (unpaired) electrons. The number of alkyl halides is 3. The van der Waals surface area contributed by atoms with Crippen molar-refractivity contribution in [2.24, 2.45) is 0 Å². The molecule has 186 valence electrons. The zero-order chi connectivity index (χ0) is 25.7. The van der Waals surface area contributed by atoms with Gasteiger partial charge in [-0.15, -0.1) is 0 Å². The van der Waals surface area contributed by atoms with E-state index in [0.29, 0.717) is 36.9 Å². The smallest absolute Gasteiger partial charge is 0.478 e. The molecule has 0 amide bonds. The van der Waals surface area contributed by atoms with Crippen LogP contribution in [0.5, 0.6) is 0 Å². The van der Waals surface area contributed by atoms with Crippen molar-refractivity contribution in [2.45, 2.75) is 18.0 Å². The molecule has 34 heavy (non-hydrogen) atoms. The molecule has 3 N–H and O–H groups in total. The number of sulfonamides is 1. The number of hydrogen-bond donors (Lipinski definition) is 3. The molecule has 3 rings (SSSR count). The van der Waals surface area contributed by atoms with Crippen LogP contribution in [0.4, 0.5) is 24.7 Å². The maximum Gasteiger partial charge on any atom is 0.490 e. The third kappa shape index (κ3) is 6.95. The molecule has 0 aliphatic carbocycles. The number of aromatic carboxylic acids is 1. The van der Waals surface area contributed by atoms with Gasteiger partial charge in [0.25, 0.3) is 10.0 Å². The van der Waals surface area contributed by atoms with Crippen molar-refractivity contribution in [1.29, 1.82) is 0 Å². The number of aliphatic carboxylic acids is 1. The van der Waals surface area contributed by atoms with Gasteiger partial charge in [-0.3, -0.25) is 4.72 Å². The normalized spacial score (nSPS) is 14.1. The highest BCUT2D eigenvalue weighted by molar-refractivity contribution is 7.92. The molecule has 1 saturated heterocycles. The number of benzene rings is 1. The zero-order valence-electron chi connectivity index (χ0n) is 17.5. The van der Waals surface area contributed by atoms with Gasteiger partial charge in [-0.05, 0) is 30.7 Å². The molecule has 1 aliphatic heterocycles. The molecule has 1 aliphatic rings. The molecule has 0 spiro atoms. The molecule has 1 aromatic heterocycles. The lowest BCUT2D eigenvalue weighted by molar-refractivity contribution is -0.192. The standard InChI is InChI=1S/C17H18ClN3O5S.C2HF3O2/c1-11-14(18)3-2-4-15(11)27(24,25)20-12-9-13(17(22)23)16(19-10-12)21-5-7-26-8-6-21;3-2(4,5)1(6)7/h2-4,9-10,20H,5-8H2,1H3,(H,22,23);(H,6,7). The Labute approximate surface area is 197 Å². The Balaban J connectivity index is 0.000000509. The van der Waals surface area contributed by atoms with Crippen LogP contribution in [0, 0.1) is 6.92 Å². The van der Waals surface area contributed by atoms with E-state index in [1.807, 2.05) is 0 Å². The number of rotatable bonds is 5. The van der Waals surface area contributed by atoms with Crippen molar-refractivity contribution < 1.29 is 46.1 Å². The maximum atomic E-state index is 12.7. The number of aromatic nitrogens is 1. The molecule has 2 heterocycles. The average molecular weight is 526 g/mol. The third-order valence-corrected chi connectivity index (χ3v) is 6.35. The summed E-state index contributed by atoms with van der Waals surface area (Å²) < 4.78 is 64.7. The summed E-state index contributed by atoms with van der Waals surface area (Å²) in [4.78, 5) is 26.5. The van der Waals surface area contributed by atoms with Gasteiger partial charge in [-0.1, -0.05) is 17.7 Å². The third-order valence-electron chi connectivity index (χ3n) is 4.41. The molecule has 15 heteroatoms. The number of nitrogens with one attached hydrogen (secondary N) is 1. The molecule has 0 unspecified atom stereocenters. The fraction of sp³-hybridized carbons (Fsp3) is 0.316. The van der Waals surface area contributed by atoms with Crippen molar-refractivity contribution in [3.8, 4) is 0 Å². The van der Waals surface area contributed by atoms with Gasteiger partial charge >= 0.3 is 18.1 Å². The summed E-state index contributed by atoms with van der Waals surface area (Å²) in [6, 6.07) is 5.82. The van der Waals surface area contributed by atoms with Crippen molar-refractivity contribution in [2.75, 3.05) is 35.9 Å². The van der Waals surface area contributed by atoms with E-state index < -0.39 is 28.1 Å². The lowest BCUT2D eigenvalue weighted by Gasteiger charge is -2.28. The summed E-state index contributed by atoms with van der Waals surface area (Å²) in [5, 5.41) is 17.0. The van der Waals surface area contributed by atoms with E-state index in [9.17, 15) is 31.5 Å². The number of anilines is 2. The first-order valence-electron chi connectivity index (χ1n) is 9.38. The monoisotopic (exact) mass is 525 g/mol. The topological polar surface area (TPSA) is 146 Å². The fourth-order valence-electron chi connectivity index (χ4n) is 2.79. The highest BCUT2D eigenvalue weighted by Gasteiger charge is 2.38. The number of carboxylic acids is 2. The van der Waals surface area contributed by atoms with Crippen LogP contribution in [0.3, 0.4) is 0 Å². The molecule has 10 nitrogen and oxygen atoms in total. The Morgan fingerprint density at radius 1 is 1.21 bits per heavy atom. The van der Waals surface area contributed by atoms with Crippen LogP contribution in [0.15, 0.2) is 35.4 Å². The van der Waals surface area contributed by atoms with Gasteiger partial charge in [0.05, 0.1) is 30.0 Å². The lowest BCUT2D eigenvalue weighted by atomic mass is 10.2.